The van der Waals surface area contributed by atoms with Crippen molar-refractivity contribution in [3.8, 4) is 5.75 Å². The van der Waals surface area contributed by atoms with E-state index >= 15 is 0 Å². The zero-order valence-electron chi connectivity index (χ0n) is 22.5. The number of carbonyl (C=O) groups excluding carboxylic acids is 1. The summed E-state index contributed by atoms with van der Waals surface area (Å²) in [4.78, 5) is 12.4. The van der Waals surface area contributed by atoms with Crippen LogP contribution in [0.1, 0.15) is 96.4 Å². The Morgan fingerprint density at radius 2 is 1.74 bits per heavy atom. The number of primary amides is 1. The van der Waals surface area contributed by atoms with E-state index in [0.29, 0.717) is 18.4 Å². The monoisotopic (exact) mass is 477 g/mol. The van der Waals surface area contributed by atoms with Crippen molar-refractivity contribution in [1.29, 1.82) is 0 Å². The van der Waals surface area contributed by atoms with Gasteiger partial charge in [-0.2, -0.15) is 0 Å². The normalized spacial score (nSPS) is 20.9. The summed E-state index contributed by atoms with van der Waals surface area (Å²) in [5.41, 5.74) is 8.06. The molecule has 1 aliphatic rings. The van der Waals surface area contributed by atoms with Gasteiger partial charge in [0.15, 0.2) is 5.60 Å². The van der Waals surface area contributed by atoms with Crippen LogP contribution in [-0.4, -0.2) is 17.1 Å². The average Bonchev–Trinajstić information content (AvgIpc) is 2.83. The lowest BCUT2D eigenvalue weighted by atomic mass is 9.73. The van der Waals surface area contributed by atoms with E-state index in [1.165, 1.54) is 11.1 Å². The molecule has 0 fully saturated rings. The van der Waals surface area contributed by atoms with Crippen LogP contribution in [0, 0.1) is 5.92 Å². The zero-order chi connectivity index (χ0) is 26.0. The van der Waals surface area contributed by atoms with Crippen LogP contribution in [0.5, 0.6) is 5.75 Å². The number of rotatable bonds is 10. The molecule has 3 atom stereocenters. The molecule has 4 heteroatoms. The Balaban J connectivity index is 1.81. The number of amides is 1. The third kappa shape index (κ3) is 5.33. The van der Waals surface area contributed by atoms with Crippen LogP contribution in [0.25, 0.3) is 6.08 Å². The summed E-state index contributed by atoms with van der Waals surface area (Å²) in [6, 6.07) is 14.0. The van der Waals surface area contributed by atoms with Gasteiger partial charge in [-0.15, -0.1) is 0 Å². The van der Waals surface area contributed by atoms with Gasteiger partial charge in [0.1, 0.15) is 5.75 Å². The molecule has 0 aromatic heterocycles. The van der Waals surface area contributed by atoms with Gasteiger partial charge in [-0.25, -0.2) is 0 Å². The van der Waals surface area contributed by atoms with Crippen LogP contribution < -0.4 is 10.5 Å². The Morgan fingerprint density at radius 3 is 2.37 bits per heavy atom. The minimum atomic E-state index is -1.71. The molecule has 0 bridgehead atoms. The third-order valence-electron chi connectivity index (χ3n) is 8.26. The van der Waals surface area contributed by atoms with Crippen molar-refractivity contribution in [3.63, 3.8) is 0 Å². The smallest absolute Gasteiger partial charge is 0.254 e. The molecule has 3 rings (SSSR count). The van der Waals surface area contributed by atoms with Crippen molar-refractivity contribution < 1.29 is 14.6 Å². The molecule has 2 aromatic carbocycles. The van der Waals surface area contributed by atoms with Gasteiger partial charge in [-0.3, -0.25) is 4.79 Å². The molecule has 0 heterocycles. The van der Waals surface area contributed by atoms with Gasteiger partial charge in [0.05, 0.1) is 6.10 Å². The Kier molecular flexibility index (Phi) is 7.86. The van der Waals surface area contributed by atoms with Crippen molar-refractivity contribution in [1.82, 2.24) is 0 Å². The largest absolute Gasteiger partial charge is 0.490 e. The number of benzene rings is 2. The summed E-state index contributed by atoms with van der Waals surface area (Å²) in [6.07, 6.45) is 7.13. The number of fused-ring (bicyclic) bond motifs is 1. The molecule has 0 spiro atoms. The Morgan fingerprint density at radius 1 is 1.09 bits per heavy atom. The van der Waals surface area contributed by atoms with Crippen LogP contribution in [0.4, 0.5) is 0 Å². The molecule has 0 saturated heterocycles. The summed E-state index contributed by atoms with van der Waals surface area (Å²) < 4.78 is 6.50. The van der Waals surface area contributed by atoms with E-state index in [2.05, 4.69) is 66.7 Å². The molecule has 1 aliphatic carbocycles. The Bertz CT molecular complexity index is 1080. The molecule has 4 nitrogen and oxygen atoms in total. The van der Waals surface area contributed by atoms with E-state index in [1.807, 2.05) is 30.4 Å². The third-order valence-corrected chi connectivity index (χ3v) is 8.26. The van der Waals surface area contributed by atoms with E-state index in [0.717, 1.165) is 24.2 Å². The quantitative estimate of drug-likeness (QED) is 0.404. The number of nitrogens with two attached hydrogens (primary N) is 1. The van der Waals surface area contributed by atoms with Crippen LogP contribution in [0.15, 0.2) is 48.5 Å². The lowest BCUT2D eigenvalue weighted by molar-refractivity contribution is -0.142. The minimum absolute atomic E-state index is 0.0169. The highest BCUT2D eigenvalue weighted by atomic mass is 16.5. The predicted molar refractivity (Wildman–Crippen MR) is 144 cm³/mol. The van der Waals surface area contributed by atoms with Crippen LogP contribution in [0.3, 0.4) is 0 Å². The van der Waals surface area contributed by atoms with E-state index < -0.39 is 17.4 Å². The first-order valence-corrected chi connectivity index (χ1v) is 13.0. The van der Waals surface area contributed by atoms with Crippen LogP contribution in [0.2, 0.25) is 0 Å². The number of hydrogen-bond donors (Lipinski definition) is 2. The van der Waals surface area contributed by atoms with E-state index in [1.54, 1.807) is 6.07 Å². The SMILES string of the molecule is CCC(C)(C)c1ccc(OC(C)CCC2C=Cc3ccccc3C2(O)C(N)=O)c(C(C)(C)CC)c1. The number of aliphatic hydroxyl groups is 1. The van der Waals surface area contributed by atoms with Crippen molar-refractivity contribution >= 4 is 12.0 Å². The fraction of sp³-hybridized carbons (Fsp3) is 0.516. The van der Waals surface area contributed by atoms with Gasteiger partial charge in [0.25, 0.3) is 5.91 Å². The standard InChI is InChI=1S/C31H43NO3/c1-8-29(4,5)24-18-19-27(26(20-24)30(6,7)9-2)35-21(3)14-16-23-17-15-22-12-10-11-13-25(22)31(23,34)28(32)33/h10-13,15,17-21,23,34H,8-9,14,16H2,1-7H3,(H2,32,33). The zero-order valence-corrected chi connectivity index (χ0v) is 22.5. The molecule has 35 heavy (non-hydrogen) atoms. The molecule has 3 N–H and O–H groups in total. The maximum atomic E-state index is 12.4. The van der Waals surface area contributed by atoms with E-state index in [9.17, 15) is 9.90 Å². The van der Waals surface area contributed by atoms with Crippen molar-refractivity contribution in [2.45, 2.75) is 96.7 Å². The molecule has 0 radical (unpaired) electrons. The van der Waals surface area contributed by atoms with Gasteiger partial charge >= 0.3 is 0 Å². The van der Waals surface area contributed by atoms with Crippen LogP contribution >= 0.6 is 0 Å². The summed E-state index contributed by atoms with van der Waals surface area (Å²) in [6.45, 7) is 15.6. The molecular weight excluding hydrogens is 434 g/mol. The molecule has 2 aromatic rings. The average molecular weight is 478 g/mol. The Hall–Kier alpha value is -2.59. The van der Waals surface area contributed by atoms with Crippen molar-refractivity contribution in [2.75, 3.05) is 0 Å². The highest BCUT2D eigenvalue weighted by Crippen LogP contribution is 2.42. The number of hydrogen-bond acceptors (Lipinski definition) is 3. The number of ether oxygens (including phenoxy) is 1. The summed E-state index contributed by atoms with van der Waals surface area (Å²) in [5.74, 6) is -0.205. The first-order valence-electron chi connectivity index (χ1n) is 13.0. The molecule has 190 valence electrons. The molecule has 0 aliphatic heterocycles. The van der Waals surface area contributed by atoms with Gasteiger partial charge in [-0.1, -0.05) is 90.1 Å². The second kappa shape index (κ2) is 10.2. The van der Waals surface area contributed by atoms with Crippen molar-refractivity contribution in [2.24, 2.45) is 11.7 Å². The van der Waals surface area contributed by atoms with Crippen molar-refractivity contribution in [3.05, 3.63) is 70.8 Å². The first kappa shape index (κ1) is 27.0. The van der Waals surface area contributed by atoms with E-state index in [4.69, 9.17) is 10.5 Å². The van der Waals surface area contributed by atoms with Gasteiger partial charge in [0.2, 0.25) is 0 Å². The first-order chi connectivity index (χ1) is 16.4. The lowest BCUT2D eigenvalue weighted by Gasteiger charge is -2.36. The molecule has 1 amide bonds. The summed E-state index contributed by atoms with van der Waals surface area (Å²) in [5, 5.41) is 11.4. The van der Waals surface area contributed by atoms with Gasteiger partial charge < -0.3 is 15.6 Å². The van der Waals surface area contributed by atoms with Gasteiger partial charge in [0, 0.05) is 17.0 Å². The molecular formula is C31H43NO3. The van der Waals surface area contributed by atoms with Gasteiger partial charge in [-0.05, 0) is 60.6 Å². The number of carbonyl (C=O) groups is 1. The second-order valence-corrected chi connectivity index (χ2v) is 11.4. The topological polar surface area (TPSA) is 72.6 Å². The highest BCUT2D eigenvalue weighted by molar-refractivity contribution is 5.88. The highest BCUT2D eigenvalue weighted by Gasteiger charge is 2.45. The predicted octanol–water partition coefficient (Wildman–Crippen LogP) is 6.63. The fourth-order valence-electron chi connectivity index (χ4n) is 4.84. The summed E-state index contributed by atoms with van der Waals surface area (Å²) in [7, 11) is 0. The lowest BCUT2D eigenvalue weighted by Crippen LogP contribution is -2.48. The maximum absolute atomic E-state index is 12.4. The minimum Gasteiger partial charge on any atom is -0.490 e. The maximum Gasteiger partial charge on any atom is 0.254 e. The molecule has 0 saturated carbocycles. The van der Waals surface area contributed by atoms with Crippen LogP contribution in [-0.2, 0) is 21.2 Å². The summed E-state index contributed by atoms with van der Waals surface area (Å²) >= 11 is 0. The Labute approximate surface area is 211 Å². The molecule has 3 unspecified atom stereocenters. The van der Waals surface area contributed by atoms with E-state index in [-0.39, 0.29) is 16.9 Å². The second-order valence-electron chi connectivity index (χ2n) is 11.4. The fourth-order valence-corrected chi connectivity index (χ4v) is 4.84.